The van der Waals surface area contributed by atoms with Crippen LogP contribution in [0.1, 0.15) is 26.2 Å². The number of likely N-dealkylation sites (N-methyl/N-ethyl adjacent to an activating group) is 1. The van der Waals surface area contributed by atoms with Crippen LogP contribution in [0, 0.1) is 11.8 Å². The third-order valence-electron chi connectivity index (χ3n) is 3.61. The van der Waals surface area contributed by atoms with E-state index in [0.29, 0.717) is 5.92 Å². The van der Waals surface area contributed by atoms with Crippen molar-refractivity contribution in [3.8, 4) is 0 Å². The molecule has 1 N–H and O–H groups in total. The molecule has 2 unspecified atom stereocenters. The lowest BCUT2D eigenvalue weighted by Crippen LogP contribution is -2.37. The van der Waals surface area contributed by atoms with Crippen LogP contribution in [0.25, 0.3) is 0 Å². The summed E-state index contributed by atoms with van der Waals surface area (Å²) < 4.78 is 5.31. The van der Waals surface area contributed by atoms with Gasteiger partial charge in [0.25, 0.3) is 0 Å². The van der Waals surface area contributed by atoms with Crippen molar-refractivity contribution in [3.63, 3.8) is 0 Å². The molecule has 1 saturated heterocycles. The SMILES string of the molecule is CCN(CC1CC1)CC(O)C1CCOC1. The molecule has 2 atom stereocenters. The summed E-state index contributed by atoms with van der Waals surface area (Å²) in [6, 6.07) is 0. The third kappa shape index (κ3) is 3.44. The predicted octanol–water partition coefficient (Wildman–Crippen LogP) is 1.12. The largest absolute Gasteiger partial charge is 0.391 e. The molecule has 0 aromatic rings. The fourth-order valence-corrected chi connectivity index (χ4v) is 2.27. The topological polar surface area (TPSA) is 32.7 Å². The van der Waals surface area contributed by atoms with Gasteiger partial charge in [-0.1, -0.05) is 6.92 Å². The first-order valence-electron chi connectivity index (χ1n) is 6.27. The fraction of sp³-hybridized carbons (Fsp3) is 1.00. The lowest BCUT2D eigenvalue weighted by atomic mass is 10.0. The number of ether oxygens (including phenoxy) is 1. The van der Waals surface area contributed by atoms with E-state index in [2.05, 4.69) is 11.8 Å². The zero-order chi connectivity index (χ0) is 10.7. The van der Waals surface area contributed by atoms with Crippen molar-refractivity contribution in [2.24, 2.45) is 11.8 Å². The molecule has 0 amide bonds. The van der Waals surface area contributed by atoms with Crippen molar-refractivity contribution in [1.82, 2.24) is 4.90 Å². The molecule has 1 aliphatic heterocycles. The molecule has 0 aromatic heterocycles. The number of hydrogen-bond acceptors (Lipinski definition) is 3. The molecule has 1 saturated carbocycles. The molecule has 0 radical (unpaired) electrons. The Morgan fingerprint density at radius 3 is 2.73 bits per heavy atom. The van der Waals surface area contributed by atoms with Gasteiger partial charge in [-0.05, 0) is 31.7 Å². The lowest BCUT2D eigenvalue weighted by Gasteiger charge is -2.26. The van der Waals surface area contributed by atoms with Gasteiger partial charge in [0.15, 0.2) is 0 Å². The van der Waals surface area contributed by atoms with E-state index >= 15 is 0 Å². The Morgan fingerprint density at radius 1 is 1.40 bits per heavy atom. The van der Waals surface area contributed by atoms with E-state index in [9.17, 15) is 5.11 Å². The normalized spacial score (nSPS) is 28.6. The molecule has 88 valence electrons. The van der Waals surface area contributed by atoms with Crippen LogP contribution in [0.3, 0.4) is 0 Å². The molecule has 1 aliphatic carbocycles. The highest BCUT2D eigenvalue weighted by Crippen LogP contribution is 2.30. The minimum absolute atomic E-state index is 0.189. The Kier molecular flexibility index (Phi) is 4.00. The number of nitrogens with zero attached hydrogens (tertiary/aromatic N) is 1. The number of aliphatic hydroxyl groups excluding tert-OH is 1. The van der Waals surface area contributed by atoms with Gasteiger partial charge in [0.1, 0.15) is 0 Å². The number of aliphatic hydroxyl groups is 1. The summed E-state index contributed by atoms with van der Waals surface area (Å²) in [5.41, 5.74) is 0. The number of rotatable bonds is 6. The molecule has 2 rings (SSSR count). The number of hydrogen-bond donors (Lipinski definition) is 1. The van der Waals surface area contributed by atoms with Crippen LogP contribution in [-0.2, 0) is 4.74 Å². The summed E-state index contributed by atoms with van der Waals surface area (Å²) >= 11 is 0. The minimum Gasteiger partial charge on any atom is -0.391 e. The van der Waals surface area contributed by atoms with Crippen LogP contribution in [0.2, 0.25) is 0 Å². The van der Waals surface area contributed by atoms with E-state index in [0.717, 1.165) is 38.6 Å². The second-order valence-electron chi connectivity index (χ2n) is 4.99. The van der Waals surface area contributed by atoms with Gasteiger partial charge in [0, 0.05) is 25.6 Å². The molecule has 0 aromatic carbocycles. The quantitative estimate of drug-likeness (QED) is 0.717. The molecule has 2 fully saturated rings. The van der Waals surface area contributed by atoms with Crippen LogP contribution < -0.4 is 0 Å². The Labute approximate surface area is 92.4 Å². The third-order valence-corrected chi connectivity index (χ3v) is 3.61. The molecular formula is C12H23NO2. The highest BCUT2D eigenvalue weighted by molar-refractivity contribution is 4.80. The average Bonchev–Trinajstić information content (AvgIpc) is 2.88. The van der Waals surface area contributed by atoms with Gasteiger partial charge in [0.05, 0.1) is 12.7 Å². The van der Waals surface area contributed by atoms with Crippen LogP contribution in [0.5, 0.6) is 0 Å². The van der Waals surface area contributed by atoms with Gasteiger partial charge in [-0.25, -0.2) is 0 Å². The molecule has 15 heavy (non-hydrogen) atoms. The second kappa shape index (κ2) is 5.28. The average molecular weight is 213 g/mol. The first kappa shape index (κ1) is 11.4. The monoisotopic (exact) mass is 213 g/mol. The molecule has 3 heteroatoms. The first-order chi connectivity index (χ1) is 7.29. The summed E-state index contributed by atoms with van der Waals surface area (Å²) in [4.78, 5) is 2.39. The Morgan fingerprint density at radius 2 is 2.20 bits per heavy atom. The minimum atomic E-state index is -0.189. The Balaban J connectivity index is 1.71. The van der Waals surface area contributed by atoms with Crippen molar-refractivity contribution in [2.45, 2.75) is 32.3 Å². The summed E-state index contributed by atoms with van der Waals surface area (Å²) in [5.74, 6) is 1.29. The standard InChI is InChI=1S/C12H23NO2/c1-2-13(7-10-3-4-10)8-12(14)11-5-6-15-9-11/h10-12,14H,2-9H2,1H3. The van der Waals surface area contributed by atoms with Crippen molar-refractivity contribution in [1.29, 1.82) is 0 Å². The molecule has 2 aliphatic rings. The van der Waals surface area contributed by atoms with Crippen molar-refractivity contribution in [2.75, 3.05) is 32.8 Å². The molecule has 3 nitrogen and oxygen atoms in total. The van der Waals surface area contributed by atoms with E-state index in [-0.39, 0.29) is 6.10 Å². The fourth-order valence-electron chi connectivity index (χ4n) is 2.27. The highest BCUT2D eigenvalue weighted by Gasteiger charge is 2.28. The van der Waals surface area contributed by atoms with E-state index < -0.39 is 0 Å². The molecule has 1 heterocycles. The van der Waals surface area contributed by atoms with Gasteiger partial charge in [-0.2, -0.15) is 0 Å². The van der Waals surface area contributed by atoms with Gasteiger partial charge in [-0.15, -0.1) is 0 Å². The van der Waals surface area contributed by atoms with Crippen molar-refractivity contribution >= 4 is 0 Å². The maximum Gasteiger partial charge on any atom is 0.0718 e. The van der Waals surface area contributed by atoms with Crippen LogP contribution in [-0.4, -0.2) is 49.0 Å². The van der Waals surface area contributed by atoms with Gasteiger partial charge < -0.3 is 14.7 Å². The zero-order valence-electron chi connectivity index (χ0n) is 9.69. The molecular weight excluding hydrogens is 190 g/mol. The van der Waals surface area contributed by atoms with Gasteiger partial charge in [-0.3, -0.25) is 0 Å². The van der Waals surface area contributed by atoms with Gasteiger partial charge in [0.2, 0.25) is 0 Å². The maximum atomic E-state index is 10.1. The van der Waals surface area contributed by atoms with Gasteiger partial charge >= 0.3 is 0 Å². The second-order valence-corrected chi connectivity index (χ2v) is 4.99. The summed E-state index contributed by atoms with van der Waals surface area (Å²) in [7, 11) is 0. The summed E-state index contributed by atoms with van der Waals surface area (Å²) in [6.45, 7) is 6.84. The predicted molar refractivity (Wildman–Crippen MR) is 59.8 cm³/mol. The van der Waals surface area contributed by atoms with Crippen molar-refractivity contribution in [3.05, 3.63) is 0 Å². The lowest BCUT2D eigenvalue weighted by molar-refractivity contribution is 0.0560. The van der Waals surface area contributed by atoms with Crippen LogP contribution in [0.15, 0.2) is 0 Å². The Hall–Kier alpha value is -0.120. The molecule has 0 bridgehead atoms. The highest BCUT2D eigenvalue weighted by atomic mass is 16.5. The Bertz CT molecular complexity index is 188. The maximum absolute atomic E-state index is 10.1. The van der Waals surface area contributed by atoms with E-state index in [4.69, 9.17) is 4.74 Å². The van der Waals surface area contributed by atoms with Crippen LogP contribution >= 0.6 is 0 Å². The van der Waals surface area contributed by atoms with Crippen LogP contribution in [0.4, 0.5) is 0 Å². The zero-order valence-corrected chi connectivity index (χ0v) is 9.69. The van der Waals surface area contributed by atoms with E-state index in [1.165, 1.54) is 19.4 Å². The smallest absolute Gasteiger partial charge is 0.0718 e. The summed E-state index contributed by atoms with van der Waals surface area (Å²) in [6.07, 6.45) is 3.62. The van der Waals surface area contributed by atoms with E-state index in [1.807, 2.05) is 0 Å². The molecule has 0 spiro atoms. The van der Waals surface area contributed by atoms with E-state index in [1.54, 1.807) is 0 Å². The van der Waals surface area contributed by atoms with Crippen molar-refractivity contribution < 1.29 is 9.84 Å². The summed E-state index contributed by atoms with van der Waals surface area (Å²) in [5, 5.41) is 10.1. The first-order valence-corrected chi connectivity index (χ1v) is 6.27.